The van der Waals surface area contributed by atoms with Gasteiger partial charge >= 0.3 is 0 Å². The summed E-state index contributed by atoms with van der Waals surface area (Å²) in [6.45, 7) is 7.19. The van der Waals surface area contributed by atoms with Crippen molar-refractivity contribution in [3.63, 3.8) is 0 Å². The van der Waals surface area contributed by atoms with Gasteiger partial charge in [0.1, 0.15) is 6.04 Å². The molecule has 0 aliphatic rings. The highest BCUT2D eigenvalue weighted by Gasteiger charge is 2.30. The van der Waals surface area contributed by atoms with E-state index < -0.39 is 29.6 Å². The van der Waals surface area contributed by atoms with E-state index in [2.05, 4.69) is 5.32 Å². The predicted octanol–water partition coefficient (Wildman–Crippen LogP) is 1.49. The molecule has 6 heteroatoms. The minimum Gasteiger partial charge on any atom is -0.370 e. The largest absolute Gasteiger partial charge is 0.370 e. The van der Waals surface area contributed by atoms with Gasteiger partial charge in [-0.05, 0) is 39.8 Å². The Morgan fingerprint density at radius 2 is 1.76 bits per heavy atom. The van der Waals surface area contributed by atoms with Gasteiger partial charge in [-0.2, -0.15) is 0 Å². The van der Waals surface area contributed by atoms with Crippen LogP contribution in [0.15, 0.2) is 30.3 Å². The number of hydroxylamine groups is 1. The number of hydrogen-bond donors (Lipinski definition) is 3. The first kappa shape index (κ1) is 17.1. The van der Waals surface area contributed by atoms with Crippen LogP contribution in [0.25, 0.3) is 0 Å². The molecule has 116 valence electrons. The highest BCUT2D eigenvalue weighted by molar-refractivity contribution is 5.97. The maximum Gasteiger partial charge on any atom is 0.268 e. The number of amides is 2. The van der Waals surface area contributed by atoms with E-state index in [1.165, 1.54) is 0 Å². The van der Waals surface area contributed by atoms with Crippen LogP contribution in [0.5, 0.6) is 0 Å². The van der Waals surface area contributed by atoms with Crippen LogP contribution in [0, 0.1) is 0 Å². The van der Waals surface area contributed by atoms with Crippen molar-refractivity contribution >= 4 is 11.8 Å². The standard InChI is InChI=1S/C15H22N2O4/c1-10(21-15(2,3)4)12(14(19)17-20)16-13(18)11-8-6-5-7-9-11/h5-10,12,20H,1-4H3,(H,16,18)(H,17,19). The Labute approximate surface area is 124 Å². The van der Waals surface area contributed by atoms with Crippen LogP contribution in [-0.4, -0.2) is 34.8 Å². The van der Waals surface area contributed by atoms with Crippen molar-refractivity contribution in [2.75, 3.05) is 0 Å². The van der Waals surface area contributed by atoms with Crippen molar-refractivity contribution in [1.29, 1.82) is 0 Å². The number of nitrogens with one attached hydrogen (secondary N) is 2. The first-order valence-corrected chi connectivity index (χ1v) is 6.72. The van der Waals surface area contributed by atoms with Crippen molar-refractivity contribution in [3.05, 3.63) is 35.9 Å². The fourth-order valence-corrected chi connectivity index (χ4v) is 1.91. The average Bonchev–Trinajstić information content (AvgIpc) is 2.42. The van der Waals surface area contributed by atoms with E-state index >= 15 is 0 Å². The zero-order valence-electron chi connectivity index (χ0n) is 12.7. The fraction of sp³-hybridized carbons (Fsp3) is 0.467. The number of ether oxygens (including phenoxy) is 1. The highest BCUT2D eigenvalue weighted by atomic mass is 16.5. The molecule has 2 atom stereocenters. The fourth-order valence-electron chi connectivity index (χ4n) is 1.91. The number of benzene rings is 1. The van der Waals surface area contributed by atoms with E-state index in [0.29, 0.717) is 5.56 Å². The summed E-state index contributed by atoms with van der Waals surface area (Å²) in [6.07, 6.45) is -0.607. The van der Waals surface area contributed by atoms with Crippen molar-refractivity contribution in [3.8, 4) is 0 Å². The zero-order chi connectivity index (χ0) is 16.0. The number of rotatable bonds is 5. The van der Waals surface area contributed by atoms with Gasteiger partial charge in [0.15, 0.2) is 0 Å². The van der Waals surface area contributed by atoms with Gasteiger partial charge in [0.25, 0.3) is 11.8 Å². The molecule has 0 saturated heterocycles. The van der Waals surface area contributed by atoms with Gasteiger partial charge < -0.3 is 10.1 Å². The van der Waals surface area contributed by atoms with Crippen molar-refractivity contribution in [2.45, 2.75) is 45.4 Å². The zero-order valence-corrected chi connectivity index (χ0v) is 12.7. The second-order valence-electron chi connectivity index (χ2n) is 5.73. The van der Waals surface area contributed by atoms with E-state index in [1.807, 2.05) is 20.8 Å². The molecule has 0 fully saturated rings. The molecule has 0 bridgehead atoms. The molecule has 2 unspecified atom stereocenters. The smallest absolute Gasteiger partial charge is 0.268 e. The summed E-state index contributed by atoms with van der Waals surface area (Å²) in [5.74, 6) is -1.13. The molecular weight excluding hydrogens is 272 g/mol. The van der Waals surface area contributed by atoms with Crippen molar-refractivity contribution < 1.29 is 19.5 Å². The van der Waals surface area contributed by atoms with Gasteiger partial charge in [0, 0.05) is 5.56 Å². The summed E-state index contributed by atoms with van der Waals surface area (Å²) in [7, 11) is 0. The Balaban J connectivity index is 2.84. The van der Waals surface area contributed by atoms with Crippen molar-refractivity contribution in [1.82, 2.24) is 10.8 Å². The summed E-state index contributed by atoms with van der Waals surface area (Å²) in [4.78, 5) is 23.9. The van der Waals surface area contributed by atoms with Gasteiger partial charge in [0.2, 0.25) is 0 Å². The highest BCUT2D eigenvalue weighted by Crippen LogP contribution is 2.13. The third-order valence-electron chi connectivity index (χ3n) is 2.72. The molecule has 2 amide bonds. The lowest BCUT2D eigenvalue weighted by Gasteiger charge is -2.30. The van der Waals surface area contributed by atoms with Crippen LogP contribution < -0.4 is 10.8 Å². The topological polar surface area (TPSA) is 87.7 Å². The summed E-state index contributed by atoms with van der Waals surface area (Å²) in [6, 6.07) is 7.52. The Hall–Kier alpha value is -1.92. The van der Waals surface area contributed by atoms with Crippen LogP contribution in [0.3, 0.4) is 0 Å². The van der Waals surface area contributed by atoms with E-state index in [-0.39, 0.29) is 0 Å². The molecule has 0 radical (unpaired) electrons. The normalized spacial score (nSPS) is 14.1. The van der Waals surface area contributed by atoms with E-state index in [4.69, 9.17) is 9.94 Å². The van der Waals surface area contributed by atoms with Crippen LogP contribution in [-0.2, 0) is 9.53 Å². The second kappa shape index (κ2) is 7.19. The van der Waals surface area contributed by atoms with Gasteiger partial charge in [-0.15, -0.1) is 0 Å². The van der Waals surface area contributed by atoms with Gasteiger partial charge in [-0.25, -0.2) is 5.48 Å². The molecule has 0 aliphatic heterocycles. The SMILES string of the molecule is CC(OC(C)(C)C)C(NC(=O)c1ccccc1)C(=O)NO. The lowest BCUT2D eigenvalue weighted by molar-refractivity contribution is -0.138. The molecule has 1 rings (SSSR count). The van der Waals surface area contributed by atoms with Crippen LogP contribution in [0.2, 0.25) is 0 Å². The lowest BCUT2D eigenvalue weighted by atomic mass is 10.1. The Morgan fingerprint density at radius 1 is 1.19 bits per heavy atom. The third kappa shape index (κ3) is 5.53. The molecule has 1 aromatic rings. The molecule has 0 saturated carbocycles. The second-order valence-corrected chi connectivity index (χ2v) is 5.73. The summed E-state index contributed by atoms with van der Waals surface area (Å²) in [5, 5.41) is 11.4. The van der Waals surface area contributed by atoms with E-state index in [9.17, 15) is 9.59 Å². The van der Waals surface area contributed by atoms with Crippen LogP contribution in [0.4, 0.5) is 0 Å². The van der Waals surface area contributed by atoms with Crippen LogP contribution in [0.1, 0.15) is 38.1 Å². The molecular formula is C15H22N2O4. The molecule has 6 nitrogen and oxygen atoms in total. The Kier molecular flexibility index (Phi) is 5.87. The monoisotopic (exact) mass is 294 g/mol. The predicted molar refractivity (Wildman–Crippen MR) is 77.9 cm³/mol. The summed E-state index contributed by atoms with van der Waals surface area (Å²) >= 11 is 0. The summed E-state index contributed by atoms with van der Waals surface area (Å²) < 4.78 is 5.67. The molecule has 1 aromatic carbocycles. The molecule has 3 N–H and O–H groups in total. The molecule has 0 aromatic heterocycles. The first-order valence-electron chi connectivity index (χ1n) is 6.72. The average molecular weight is 294 g/mol. The third-order valence-corrected chi connectivity index (χ3v) is 2.72. The Bertz CT molecular complexity index is 482. The number of hydrogen-bond acceptors (Lipinski definition) is 4. The van der Waals surface area contributed by atoms with Crippen LogP contribution >= 0.6 is 0 Å². The van der Waals surface area contributed by atoms with Gasteiger partial charge in [0.05, 0.1) is 11.7 Å². The molecule has 0 spiro atoms. The maximum atomic E-state index is 12.1. The van der Waals surface area contributed by atoms with E-state index in [1.54, 1.807) is 42.7 Å². The minimum absolute atomic E-state index is 0.409. The quantitative estimate of drug-likeness (QED) is 0.567. The summed E-state index contributed by atoms with van der Waals surface area (Å²) in [5.41, 5.74) is 1.50. The molecule has 0 aliphatic carbocycles. The molecule has 0 heterocycles. The van der Waals surface area contributed by atoms with Crippen molar-refractivity contribution in [2.24, 2.45) is 0 Å². The van der Waals surface area contributed by atoms with E-state index in [0.717, 1.165) is 0 Å². The van der Waals surface area contributed by atoms with Gasteiger partial charge in [-0.1, -0.05) is 18.2 Å². The number of carbonyl (C=O) groups excluding carboxylic acids is 2. The lowest BCUT2D eigenvalue weighted by Crippen LogP contribution is -2.53. The molecule has 21 heavy (non-hydrogen) atoms. The Morgan fingerprint density at radius 3 is 2.24 bits per heavy atom. The maximum absolute atomic E-state index is 12.1. The first-order chi connectivity index (χ1) is 9.74. The number of carbonyl (C=O) groups is 2. The minimum atomic E-state index is -0.998. The van der Waals surface area contributed by atoms with Gasteiger partial charge in [-0.3, -0.25) is 14.8 Å².